The van der Waals surface area contributed by atoms with Gasteiger partial charge in [0, 0.05) is 11.6 Å². The van der Waals surface area contributed by atoms with Crippen molar-refractivity contribution in [2.45, 2.75) is 13.0 Å². The number of fused-ring (bicyclic) bond motifs is 1. The summed E-state index contributed by atoms with van der Waals surface area (Å²) in [6, 6.07) is 9.06. The lowest BCUT2D eigenvalue weighted by Gasteiger charge is -2.21. The van der Waals surface area contributed by atoms with E-state index in [4.69, 9.17) is 21.1 Å². The normalized spacial score (nSPS) is 13.8. The van der Waals surface area contributed by atoms with Gasteiger partial charge in [0.2, 0.25) is 0 Å². The lowest BCUT2D eigenvalue weighted by molar-refractivity contribution is -0.384. The molecule has 2 aromatic carbocycles. The number of carbonyl (C=O) groups excluding carboxylic acids is 1. The first-order valence-corrected chi connectivity index (χ1v) is 7.98. The minimum absolute atomic E-state index is 0.0126. The maximum Gasteiger partial charge on any atom is 0.288 e. The van der Waals surface area contributed by atoms with Crippen molar-refractivity contribution in [1.82, 2.24) is 5.32 Å². The van der Waals surface area contributed by atoms with E-state index >= 15 is 0 Å². The Labute approximate surface area is 148 Å². The summed E-state index contributed by atoms with van der Waals surface area (Å²) < 4.78 is 11.0. The van der Waals surface area contributed by atoms with Crippen LogP contribution in [0.15, 0.2) is 36.4 Å². The van der Waals surface area contributed by atoms with Crippen LogP contribution in [-0.4, -0.2) is 24.0 Å². The highest BCUT2D eigenvalue weighted by Crippen LogP contribution is 2.32. The third kappa shape index (κ3) is 3.66. The molecular formula is C17H15ClN2O5. The van der Waals surface area contributed by atoms with Crippen LogP contribution in [0.4, 0.5) is 5.69 Å². The predicted molar refractivity (Wildman–Crippen MR) is 91.4 cm³/mol. The Bertz CT molecular complexity index is 840. The van der Waals surface area contributed by atoms with Crippen molar-refractivity contribution < 1.29 is 19.2 Å². The van der Waals surface area contributed by atoms with E-state index in [1.165, 1.54) is 12.1 Å². The fourth-order valence-corrected chi connectivity index (χ4v) is 2.67. The Morgan fingerprint density at radius 2 is 1.92 bits per heavy atom. The van der Waals surface area contributed by atoms with Crippen LogP contribution in [0.2, 0.25) is 5.02 Å². The topological polar surface area (TPSA) is 90.7 Å². The van der Waals surface area contributed by atoms with Crippen molar-refractivity contribution in [2.75, 3.05) is 13.2 Å². The molecule has 8 heteroatoms. The second-order valence-corrected chi connectivity index (χ2v) is 5.93. The molecule has 25 heavy (non-hydrogen) atoms. The number of carbonyl (C=O) groups is 1. The van der Waals surface area contributed by atoms with E-state index in [0.29, 0.717) is 24.7 Å². The van der Waals surface area contributed by atoms with Crippen LogP contribution in [0.3, 0.4) is 0 Å². The number of ether oxygens (including phenoxy) is 2. The molecule has 0 radical (unpaired) electrons. The SMILES string of the molecule is CC(NC(=O)c1ccc(Cl)c([N+](=O)[O-])c1)c1ccc2c(c1)OCCO2. The monoisotopic (exact) mass is 362 g/mol. The fraction of sp³-hybridized carbons (Fsp3) is 0.235. The third-order valence-electron chi connectivity index (χ3n) is 3.82. The molecule has 2 aromatic rings. The summed E-state index contributed by atoms with van der Waals surface area (Å²) in [5, 5.41) is 13.7. The van der Waals surface area contributed by atoms with Gasteiger partial charge in [0.25, 0.3) is 11.6 Å². The molecule has 7 nitrogen and oxygen atoms in total. The number of nitrogens with zero attached hydrogens (tertiary/aromatic N) is 1. The van der Waals surface area contributed by atoms with Crippen molar-refractivity contribution in [1.29, 1.82) is 0 Å². The molecule has 0 bridgehead atoms. The van der Waals surface area contributed by atoms with Crippen molar-refractivity contribution in [3.8, 4) is 11.5 Å². The number of nitro groups is 1. The van der Waals surface area contributed by atoms with Crippen molar-refractivity contribution in [3.63, 3.8) is 0 Å². The summed E-state index contributed by atoms with van der Waals surface area (Å²) in [5.41, 5.74) is 0.697. The Morgan fingerprint density at radius 1 is 1.20 bits per heavy atom. The van der Waals surface area contributed by atoms with E-state index in [1.54, 1.807) is 6.07 Å². The van der Waals surface area contributed by atoms with Crippen molar-refractivity contribution in [3.05, 3.63) is 62.7 Å². The van der Waals surface area contributed by atoms with Gasteiger partial charge in [-0.05, 0) is 36.8 Å². The quantitative estimate of drug-likeness (QED) is 0.663. The number of benzene rings is 2. The highest BCUT2D eigenvalue weighted by Gasteiger charge is 2.19. The molecule has 0 saturated heterocycles. The van der Waals surface area contributed by atoms with Gasteiger partial charge in [-0.3, -0.25) is 14.9 Å². The first-order chi connectivity index (χ1) is 12.0. The second-order valence-electron chi connectivity index (χ2n) is 5.52. The number of amides is 1. The first kappa shape index (κ1) is 17.0. The lowest BCUT2D eigenvalue weighted by Crippen LogP contribution is -2.27. The van der Waals surface area contributed by atoms with Crippen LogP contribution in [-0.2, 0) is 0 Å². The molecule has 130 valence electrons. The Balaban J connectivity index is 1.76. The molecule has 1 heterocycles. The average Bonchev–Trinajstić information content (AvgIpc) is 2.61. The molecule has 3 rings (SSSR count). The van der Waals surface area contributed by atoms with Crippen LogP contribution < -0.4 is 14.8 Å². The van der Waals surface area contributed by atoms with E-state index in [0.717, 1.165) is 11.6 Å². The van der Waals surface area contributed by atoms with E-state index in [2.05, 4.69) is 5.32 Å². The molecule has 0 aliphatic carbocycles. The molecule has 1 aliphatic heterocycles. The van der Waals surface area contributed by atoms with Gasteiger partial charge < -0.3 is 14.8 Å². The summed E-state index contributed by atoms with van der Waals surface area (Å²) in [5.74, 6) is 0.871. The molecule has 1 amide bonds. The number of halogens is 1. The zero-order chi connectivity index (χ0) is 18.0. The van der Waals surface area contributed by atoms with Gasteiger partial charge in [0.15, 0.2) is 11.5 Å². The van der Waals surface area contributed by atoms with Crippen LogP contribution in [0, 0.1) is 10.1 Å². The lowest BCUT2D eigenvalue weighted by atomic mass is 10.1. The van der Waals surface area contributed by atoms with Gasteiger partial charge in [-0.25, -0.2) is 0 Å². The molecule has 1 N–H and O–H groups in total. The first-order valence-electron chi connectivity index (χ1n) is 7.60. The summed E-state index contributed by atoms with van der Waals surface area (Å²) in [7, 11) is 0. The minimum Gasteiger partial charge on any atom is -0.486 e. The zero-order valence-electron chi connectivity index (χ0n) is 13.3. The zero-order valence-corrected chi connectivity index (χ0v) is 14.1. The van der Waals surface area contributed by atoms with Crippen LogP contribution in [0.1, 0.15) is 28.9 Å². The molecule has 1 atom stereocenters. The summed E-state index contributed by atoms with van der Waals surface area (Å²) in [6.45, 7) is 2.80. The van der Waals surface area contributed by atoms with Gasteiger partial charge >= 0.3 is 0 Å². The number of nitro benzene ring substituents is 1. The Hall–Kier alpha value is -2.80. The summed E-state index contributed by atoms with van der Waals surface area (Å²) >= 11 is 5.77. The summed E-state index contributed by atoms with van der Waals surface area (Å²) in [4.78, 5) is 22.7. The van der Waals surface area contributed by atoms with Crippen LogP contribution in [0.5, 0.6) is 11.5 Å². The highest BCUT2D eigenvalue weighted by atomic mass is 35.5. The van der Waals surface area contributed by atoms with E-state index in [-0.39, 0.29) is 22.3 Å². The van der Waals surface area contributed by atoms with Gasteiger partial charge in [-0.2, -0.15) is 0 Å². The fourth-order valence-electron chi connectivity index (χ4n) is 2.49. The number of nitrogens with one attached hydrogen (secondary N) is 1. The standard InChI is InChI=1S/C17H15ClN2O5/c1-10(11-3-5-15-16(9-11)25-7-6-24-15)19-17(21)12-2-4-13(18)14(8-12)20(22)23/h2-5,8-10H,6-7H2,1H3,(H,19,21). The van der Waals surface area contributed by atoms with Gasteiger partial charge in [0.05, 0.1) is 11.0 Å². The molecule has 1 unspecified atom stereocenters. The third-order valence-corrected chi connectivity index (χ3v) is 4.14. The molecular weight excluding hydrogens is 348 g/mol. The summed E-state index contributed by atoms with van der Waals surface area (Å²) in [6.07, 6.45) is 0. The van der Waals surface area contributed by atoms with E-state index < -0.39 is 10.8 Å². The number of hydrogen-bond donors (Lipinski definition) is 1. The molecule has 0 saturated carbocycles. The average molecular weight is 363 g/mol. The van der Waals surface area contributed by atoms with E-state index in [9.17, 15) is 14.9 Å². The van der Waals surface area contributed by atoms with E-state index in [1.807, 2.05) is 19.1 Å². The largest absolute Gasteiger partial charge is 0.486 e. The Morgan fingerprint density at radius 3 is 2.64 bits per heavy atom. The number of rotatable bonds is 4. The maximum atomic E-state index is 12.4. The van der Waals surface area contributed by atoms with Crippen molar-refractivity contribution in [2.24, 2.45) is 0 Å². The van der Waals surface area contributed by atoms with Crippen molar-refractivity contribution >= 4 is 23.2 Å². The highest BCUT2D eigenvalue weighted by molar-refractivity contribution is 6.32. The molecule has 0 spiro atoms. The van der Waals surface area contributed by atoms with Crippen LogP contribution in [0.25, 0.3) is 0 Å². The smallest absolute Gasteiger partial charge is 0.288 e. The maximum absolute atomic E-state index is 12.4. The second kappa shape index (κ2) is 6.98. The van der Waals surface area contributed by atoms with Gasteiger partial charge in [0.1, 0.15) is 18.2 Å². The molecule has 0 aromatic heterocycles. The van der Waals surface area contributed by atoms with Crippen LogP contribution >= 0.6 is 11.6 Å². The Kier molecular flexibility index (Phi) is 4.76. The van der Waals surface area contributed by atoms with Gasteiger partial charge in [-0.1, -0.05) is 17.7 Å². The van der Waals surface area contributed by atoms with Gasteiger partial charge in [-0.15, -0.1) is 0 Å². The number of hydrogen-bond acceptors (Lipinski definition) is 5. The molecule has 0 fully saturated rings. The minimum atomic E-state index is -0.622. The predicted octanol–water partition coefficient (Wildman–Crippen LogP) is 3.51. The molecule has 1 aliphatic rings.